The molecule has 2 aromatic carbocycles. The molecule has 3 aromatic rings. The lowest BCUT2D eigenvalue weighted by Crippen LogP contribution is -2.15. The molecule has 0 saturated heterocycles. The van der Waals surface area contributed by atoms with E-state index in [1.54, 1.807) is 39.2 Å². The third kappa shape index (κ3) is 3.81. The van der Waals surface area contributed by atoms with Crippen molar-refractivity contribution in [2.24, 2.45) is 0 Å². The van der Waals surface area contributed by atoms with E-state index in [1.165, 1.54) is 6.92 Å². The summed E-state index contributed by atoms with van der Waals surface area (Å²) in [6, 6.07) is 7.44. The topological polar surface area (TPSA) is 73.1 Å². The zero-order valence-corrected chi connectivity index (χ0v) is 16.0. The number of aromatic nitrogens is 2. The number of benzene rings is 2. The number of anilines is 2. The fraction of sp³-hybridized carbons (Fsp3) is 0.300. The Hall–Kier alpha value is -3.03. The predicted octanol–water partition coefficient (Wildman–Crippen LogP) is 5.03. The molecule has 0 amide bonds. The summed E-state index contributed by atoms with van der Waals surface area (Å²) in [7, 11) is 1.56. The molecule has 1 atom stereocenters. The van der Waals surface area contributed by atoms with E-state index >= 15 is 0 Å². The Bertz CT molecular complexity index is 1030. The minimum absolute atomic E-state index is 0.0620. The molecule has 28 heavy (non-hydrogen) atoms. The Morgan fingerprint density at radius 1 is 1.11 bits per heavy atom. The Morgan fingerprint density at radius 3 is 2.46 bits per heavy atom. The van der Waals surface area contributed by atoms with Gasteiger partial charge in [0, 0.05) is 11.1 Å². The molecule has 0 aliphatic heterocycles. The third-order valence-corrected chi connectivity index (χ3v) is 4.61. The molecule has 5 nitrogen and oxygen atoms in total. The van der Waals surface area contributed by atoms with Gasteiger partial charge in [0.1, 0.15) is 17.4 Å². The standard InChI is InChI=1S/C20H21F3N4O/c1-10-15(7-13(24)8-17(10)20(21,22)23)11(2)25-19-16-9-14(28-4)5-6-18(16)26-12(3)27-19/h5-9,11H,24H2,1-4H3,(H,25,26,27)/t11-/m1/s1. The van der Waals surface area contributed by atoms with Gasteiger partial charge in [-0.25, -0.2) is 9.97 Å². The molecule has 0 fully saturated rings. The monoisotopic (exact) mass is 390 g/mol. The maximum atomic E-state index is 13.3. The van der Waals surface area contributed by atoms with Crippen LogP contribution in [0.5, 0.6) is 5.75 Å². The van der Waals surface area contributed by atoms with Crippen LogP contribution in [0.4, 0.5) is 24.7 Å². The van der Waals surface area contributed by atoms with Crippen LogP contribution in [0.2, 0.25) is 0 Å². The summed E-state index contributed by atoms with van der Waals surface area (Å²) in [4.78, 5) is 8.83. The summed E-state index contributed by atoms with van der Waals surface area (Å²) >= 11 is 0. The summed E-state index contributed by atoms with van der Waals surface area (Å²) < 4.78 is 45.3. The highest BCUT2D eigenvalue weighted by molar-refractivity contribution is 5.90. The van der Waals surface area contributed by atoms with Gasteiger partial charge in [0.25, 0.3) is 0 Å². The first-order chi connectivity index (χ1) is 13.1. The van der Waals surface area contributed by atoms with Crippen LogP contribution in [0.3, 0.4) is 0 Å². The highest BCUT2D eigenvalue weighted by atomic mass is 19.4. The molecule has 0 spiro atoms. The van der Waals surface area contributed by atoms with E-state index in [1.807, 2.05) is 6.07 Å². The normalized spacial score (nSPS) is 12.8. The molecule has 0 aliphatic rings. The lowest BCUT2D eigenvalue weighted by Gasteiger charge is -2.22. The van der Waals surface area contributed by atoms with Crippen LogP contribution in [0, 0.1) is 13.8 Å². The molecule has 148 valence electrons. The van der Waals surface area contributed by atoms with E-state index in [0.717, 1.165) is 11.5 Å². The third-order valence-electron chi connectivity index (χ3n) is 4.61. The van der Waals surface area contributed by atoms with Gasteiger partial charge in [0.05, 0.1) is 24.2 Å². The number of nitrogen functional groups attached to an aromatic ring is 1. The van der Waals surface area contributed by atoms with Gasteiger partial charge in [-0.05, 0) is 62.2 Å². The van der Waals surface area contributed by atoms with Crippen LogP contribution in [0.1, 0.15) is 35.5 Å². The number of hydrogen-bond donors (Lipinski definition) is 2. The Balaban J connectivity index is 2.07. The number of aryl methyl sites for hydroxylation is 1. The van der Waals surface area contributed by atoms with Gasteiger partial charge >= 0.3 is 6.18 Å². The number of hydrogen-bond acceptors (Lipinski definition) is 5. The van der Waals surface area contributed by atoms with Gasteiger partial charge in [0.2, 0.25) is 0 Å². The number of alkyl halides is 3. The molecule has 1 heterocycles. The van der Waals surface area contributed by atoms with Gasteiger partial charge in [-0.15, -0.1) is 0 Å². The van der Waals surface area contributed by atoms with Crippen LogP contribution in [-0.4, -0.2) is 17.1 Å². The van der Waals surface area contributed by atoms with Crippen molar-refractivity contribution in [3.63, 3.8) is 0 Å². The smallest absolute Gasteiger partial charge is 0.416 e. The second-order valence-corrected chi connectivity index (χ2v) is 6.65. The van der Waals surface area contributed by atoms with Gasteiger partial charge in [-0.1, -0.05) is 0 Å². The highest BCUT2D eigenvalue weighted by Gasteiger charge is 2.34. The van der Waals surface area contributed by atoms with Crippen LogP contribution < -0.4 is 15.8 Å². The highest BCUT2D eigenvalue weighted by Crippen LogP contribution is 2.37. The summed E-state index contributed by atoms with van der Waals surface area (Å²) in [6.45, 7) is 4.97. The SMILES string of the molecule is COc1ccc2nc(C)nc(N[C@H](C)c3cc(N)cc(C(F)(F)F)c3C)c2c1. The van der Waals surface area contributed by atoms with E-state index in [-0.39, 0.29) is 11.3 Å². The van der Waals surface area contributed by atoms with E-state index in [9.17, 15) is 13.2 Å². The first-order valence-electron chi connectivity index (χ1n) is 8.66. The fourth-order valence-corrected chi connectivity index (χ4v) is 3.25. The summed E-state index contributed by atoms with van der Waals surface area (Å²) in [5.74, 6) is 1.70. The number of halogens is 3. The van der Waals surface area contributed by atoms with Crippen molar-refractivity contribution in [2.75, 3.05) is 18.2 Å². The van der Waals surface area contributed by atoms with Crippen LogP contribution in [0.15, 0.2) is 30.3 Å². The van der Waals surface area contributed by atoms with Crippen molar-refractivity contribution >= 4 is 22.4 Å². The van der Waals surface area contributed by atoms with E-state index in [4.69, 9.17) is 10.5 Å². The fourth-order valence-electron chi connectivity index (χ4n) is 3.25. The van der Waals surface area contributed by atoms with E-state index < -0.39 is 17.8 Å². The molecule has 0 unspecified atom stereocenters. The first kappa shape index (κ1) is 19.7. The average molecular weight is 390 g/mol. The van der Waals surface area contributed by atoms with Crippen molar-refractivity contribution < 1.29 is 17.9 Å². The Kier molecular flexibility index (Phi) is 5.06. The molecule has 8 heteroatoms. The number of nitrogens with one attached hydrogen (secondary N) is 1. The Morgan fingerprint density at radius 2 is 1.82 bits per heavy atom. The molecular formula is C20H21F3N4O. The van der Waals surface area contributed by atoms with Crippen LogP contribution in [-0.2, 0) is 6.18 Å². The molecule has 0 saturated carbocycles. The summed E-state index contributed by atoms with van der Waals surface area (Å²) in [5.41, 5.74) is 6.37. The number of methoxy groups -OCH3 is 1. The lowest BCUT2D eigenvalue weighted by molar-refractivity contribution is -0.138. The van der Waals surface area contributed by atoms with Crippen molar-refractivity contribution in [1.29, 1.82) is 0 Å². The quantitative estimate of drug-likeness (QED) is 0.612. The predicted molar refractivity (Wildman–Crippen MR) is 103 cm³/mol. The zero-order valence-electron chi connectivity index (χ0n) is 16.0. The lowest BCUT2D eigenvalue weighted by atomic mass is 9.96. The number of nitrogens with two attached hydrogens (primary N) is 1. The molecule has 0 aliphatic carbocycles. The second-order valence-electron chi connectivity index (χ2n) is 6.65. The molecule has 1 aromatic heterocycles. The maximum absolute atomic E-state index is 13.3. The van der Waals surface area contributed by atoms with Crippen molar-refractivity contribution in [1.82, 2.24) is 9.97 Å². The van der Waals surface area contributed by atoms with Crippen molar-refractivity contribution in [3.8, 4) is 5.75 Å². The molecule has 3 rings (SSSR count). The van der Waals surface area contributed by atoms with Crippen LogP contribution >= 0.6 is 0 Å². The minimum atomic E-state index is -4.47. The molecule has 3 N–H and O–H groups in total. The number of nitrogens with zero attached hydrogens (tertiary/aromatic N) is 2. The van der Waals surface area contributed by atoms with Gasteiger partial charge in [-0.3, -0.25) is 0 Å². The average Bonchev–Trinajstić information content (AvgIpc) is 2.61. The number of rotatable bonds is 4. The van der Waals surface area contributed by atoms with E-state index in [2.05, 4.69) is 15.3 Å². The van der Waals surface area contributed by atoms with Crippen molar-refractivity contribution in [3.05, 3.63) is 52.8 Å². The second kappa shape index (κ2) is 7.18. The summed E-state index contributed by atoms with van der Waals surface area (Å²) in [6.07, 6.45) is -4.47. The minimum Gasteiger partial charge on any atom is -0.497 e. The van der Waals surface area contributed by atoms with Gasteiger partial charge < -0.3 is 15.8 Å². The first-order valence-corrected chi connectivity index (χ1v) is 8.66. The van der Waals surface area contributed by atoms with Crippen molar-refractivity contribution in [2.45, 2.75) is 33.0 Å². The van der Waals surface area contributed by atoms with E-state index in [0.29, 0.717) is 28.5 Å². The molecule has 0 bridgehead atoms. The number of fused-ring (bicyclic) bond motifs is 1. The zero-order chi connectivity index (χ0) is 20.6. The summed E-state index contributed by atoms with van der Waals surface area (Å²) in [5, 5.41) is 3.93. The van der Waals surface area contributed by atoms with Gasteiger partial charge in [-0.2, -0.15) is 13.2 Å². The maximum Gasteiger partial charge on any atom is 0.416 e. The Labute approximate surface area is 160 Å². The van der Waals surface area contributed by atoms with Gasteiger partial charge in [0.15, 0.2) is 0 Å². The molecule has 0 radical (unpaired) electrons. The molecular weight excluding hydrogens is 369 g/mol. The van der Waals surface area contributed by atoms with Crippen LogP contribution in [0.25, 0.3) is 10.9 Å². The largest absolute Gasteiger partial charge is 0.497 e. The number of ether oxygens (including phenoxy) is 1.